The van der Waals surface area contributed by atoms with Crippen LogP contribution < -0.4 is 14.8 Å². The van der Waals surface area contributed by atoms with Crippen LogP contribution in [-0.4, -0.2) is 42.0 Å². The van der Waals surface area contributed by atoms with Crippen molar-refractivity contribution in [2.75, 3.05) is 13.2 Å². The average Bonchev–Trinajstić information content (AvgIpc) is 3.71. The third-order valence-corrected chi connectivity index (χ3v) is 7.03. The minimum absolute atomic E-state index is 0.00188. The number of hydrogen-bond acceptors (Lipinski definition) is 5. The first-order valence-electron chi connectivity index (χ1n) is 12.6. The number of hydrogen-bond donors (Lipinski definition) is 2. The summed E-state index contributed by atoms with van der Waals surface area (Å²) in [6, 6.07) is 12.1. The number of carboxylic acids is 1. The molecule has 7 nitrogen and oxygen atoms in total. The minimum Gasteiger partial charge on any atom is -0.492 e. The molecule has 0 aliphatic heterocycles. The first-order chi connectivity index (χ1) is 17.4. The van der Waals surface area contributed by atoms with Crippen LogP contribution in [0.2, 0.25) is 5.02 Å². The Morgan fingerprint density at radius 3 is 2.28 bits per heavy atom. The van der Waals surface area contributed by atoms with Gasteiger partial charge in [0, 0.05) is 24.1 Å². The van der Waals surface area contributed by atoms with E-state index in [1.54, 1.807) is 42.5 Å². The van der Waals surface area contributed by atoms with Crippen LogP contribution in [0.3, 0.4) is 0 Å². The van der Waals surface area contributed by atoms with Gasteiger partial charge in [-0.05, 0) is 93.3 Å². The van der Waals surface area contributed by atoms with Crippen molar-refractivity contribution in [1.82, 2.24) is 5.32 Å². The molecule has 0 saturated heterocycles. The molecule has 0 unspecified atom stereocenters. The van der Waals surface area contributed by atoms with Gasteiger partial charge < -0.3 is 19.9 Å². The lowest BCUT2D eigenvalue weighted by Gasteiger charge is -2.26. The summed E-state index contributed by atoms with van der Waals surface area (Å²) in [6.45, 7) is 1.03. The number of amides is 1. The largest absolute Gasteiger partial charge is 0.492 e. The standard InChI is InChI=1S/C28H32ClNO6/c29-24-16-21(9-14-26(24)35-17-18-3-4-18)27(32)30-15-1-2-25(31)19-5-10-22(11-6-19)36-23-12-7-20(8-13-23)28(33)34/h5-6,9-11,14,16,18,20,23H,1-4,7-8,12-13,15,17H2,(H,30,32)(H,33,34). The van der Waals surface area contributed by atoms with Gasteiger partial charge in [0.05, 0.1) is 23.7 Å². The molecule has 2 aliphatic rings. The third kappa shape index (κ3) is 7.47. The molecular weight excluding hydrogens is 482 g/mol. The van der Waals surface area contributed by atoms with E-state index in [-0.39, 0.29) is 23.7 Å². The van der Waals surface area contributed by atoms with Gasteiger partial charge in [-0.2, -0.15) is 0 Å². The highest BCUT2D eigenvalue weighted by Gasteiger charge is 2.27. The van der Waals surface area contributed by atoms with Crippen LogP contribution in [0.25, 0.3) is 0 Å². The van der Waals surface area contributed by atoms with Crippen molar-refractivity contribution >= 4 is 29.3 Å². The van der Waals surface area contributed by atoms with Crippen molar-refractivity contribution in [3.8, 4) is 11.5 Å². The van der Waals surface area contributed by atoms with E-state index >= 15 is 0 Å². The highest BCUT2D eigenvalue weighted by molar-refractivity contribution is 6.32. The smallest absolute Gasteiger partial charge is 0.306 e. The first kappa shape index (κ1) is 26.0. The molecule has 1 amide bonds. The van der Waals surface area contributed by atoms with E-state index in [9.17, 15) is 14.4 Å². The summed E-state index contributed by atoms with van der Waals surface area (Å²) in [5.41, 5.74) is 1.05. The van der Waals surface area contributed by atoms with Crippen molar-refractivity contribution in [3.05, 3.63) is 58.6 Å². The van der Waals surface area contributed by atoms with Crippen LogP contribution in [0.5, 0.6) is 11.5 Å². The SMILES string of the molecule is O=C(CCCNC(=O)c1ccc(OCC2CC2)c(Cl)c1)c1ccc(OC2CCC(C(=O)O)CC2)cc1. The van der Waals surface area contributed by atoms with Gasteiger partial charge in [-0.3, -0.25) is 14.4 Å². The predicted octanol–water partition coefficient (Wildman–Crippen LogP) is 5.54. The number of carboxylic acid groups (broad SMARTS) is 1. The molecular formula is C28H32ClNO6. The number of ether oxygens (including phenoxy) is 2. The molecule has 0 atom stereocenters. The molecule has 192 valence electrons. The van der Waals surface area contributed by atoms with E-state index < -0.39 is 5.97 Å². The van der Waals surface area contributed by atoms with Gasteiger partial charge in [0.25, 0.3) is 5.91 Å². The molecule has 4 rings (SSSR count). The summed E-state index contributed by atoms with van der Waals surface area (Å²) in [7, 11) is 0. The Bertz CT molecular complexity index is 1070. The van der Waals surface area contributed by atoms with Crippen molar-refractivity contribution in [3.63, 3.8) is 0 Å². The second-order valence-electron chi connectivity index (χ2n) is 9.64. The van der Waals surface area contributed by atoms with E-state index in [1.165, 1.54) is 12.8 Å². The number of rotatable bonds is 12. The molecule has 2 fully saturated rings. The van der Waals surface area contributed by atoms with E-state index in [2.05, 4.69) is 5.32 Å². The molecule has 2 N–H and O–H groups in total. The number of carbonyl (C=O) groups excluding carboxylic acids is 2. The number of aliphatic carboxylic acids is 1. The van der Waals surface area contributed by atoms with Crippen LogP contribution in [0.1, 0.15) is 72.1 Å². The number of benzene rings is 2. The molecule has 0 radical (unpaired) electrons. The molecule has 8 heteroatoms. The van der Waals surface area contributed by atoms with Crippen molar-refractivity contribution < 1.29 is 29.0 Å². The zero-order valence-electron chi connectivity index (χ0n) is 20.2. The lowest BCUT2D eigenvalue weighted by molar-refractivity contribution is -0.143. The third-order valence-electron chi connectivity index (χ3n) is 6.73. The highest BCUT2D eigenvalue weighted by atomic mass is 35.5. The summed E-state index contributed by atoms with van der Waals surface area (Å²) < 4.78 is 11.6. The predicted molar refractivity (Wildman–Crippen MR) is 136 cm³/mol. The Kier molecular flexibility index (Phi) is 8.86. The maximum atomic E-state index is 12.5. The van der Waals surface area contributed by atoms with Gasteiger partial charge in [0.2, 0.25) is 0 Å². The Morgan fingerprint density at radius 2 is 1.64 bits per heavy atom. The Morgan fingerprint density at radius 1 is 0.944 bits per heavy atom. The Hall–Kier alpha value is -3.06. The van der Waals surface area contributed by atoms with Crippen molar-refractivity contribution in [2.24, 2.45) is 11.8 Å². The fourth-order valence-electron chi connectivity index (χ4n) is 4.29. The van der Waals surface area contributed by atoms with Crippen molar-refractivity contribution in [1.29, 1.82) is 0 Å². The summed E-state index contributed by atoms with van der Waals surface area (Å²) in [5.74, 6) is 0.644. The van der Waals surface area contributed by atoms with Crippen molar-refractivity contribution in [2.45, 2.75) is 57.5 Å². The van der Waals surface area contributed by atoms with E-state index in [4.69, 9.17) is 26.2 Å². The van der Waals surface area contributed by atoms with Gasteiger partial charge >= 0.3 is 5.97 Å². The van der Waals surface area contributed by atoms with E-state index in [0.717, 1.165) is 0 Å². The first-order valence-corrected chi connectivity index (χ1v) is 13.0. The monoisotopic (exact) mass is 513 g/mol. The number of ketones is 1. The quantitative estimate of drug-likeness (QED) is 0.285. The summed E-state index contributed by atoms with van der Waals surface area (Å²) >= 11 is 6.25. The van der Waals surface area contributed by atoms with E-state index in [1.807, 2.05) is 0 Å². The molecule has 2 aromatic carbocycles. The highest BCUT2D eigenvalue weighted by Crippen LogP contribution is 2.32. The summed E-state index contributed by atoms with van der Waals surface area (Å²) in [5, 5.41) is 12.3. The number of Topliss-reactive ketones (excluding diaryl/α,β-unsaturated/α-hetero) is 1. The molecule has 0 aromatic heterocycles. The van der Waals surface area contributed by atoms with Gasteiger partial charge in [0.15, 0.2) is 5.78 Å². The van der Waals surface area contributed by atoms with Crippen LogP contribution in [0.4, 0.5) is 0 Å². The van der Waals surface area contributed by atoms with Gasteiger partial charge in [-0.15, -0.1) is 0 Å². The second-order valence-corrected chi connectivity index (χ2v) is 10.0. The zero-order chi connectivity index (χ0) is 25.5. The number of nitrogens with one attached hydrogen (secondary N) is 1. The maximum absolute atomic E-state index is 12.5. The molecule has 36 heavy (non-hydrogen) atoms. The minimum atomic E-state index is -0.733. The Labute approximate surface area is 216 Å². The molecule has 0 spiro atoms. The molecule has 2 aliphatic carbocycles. The summed E-state index contributed by atoms with van der Waals surface area (Å²) in [4.78, 5) is 36.0. The second kappa shape index (κ2) is 12.3. The normalized spacial score (nSPS) is 19.4. The van der Waals surface area contributed by atoms with Gasteiger partial charge in [-0.25, -0.2) is 0 Å². The van der Waals surface area contributed by atoms with Crippen LogP contribution in [0, 0.1) is 11.8 Å². The average molecular weight is 514 g/mol. The molecule has 2 aromatic rings. The van der Waals surface area contributed by atoms with Gasteiger partial charge in [-0.1, -0.05) is 11.6 Å². The molecule has 0 bridgehead atoms. The van der Waals surface area contributed by atoms with Crippen LogP contribution in [-0.2, 0) is 4.79 Å². The summed E-state index contributed by atoms with van der Waals surface area (Å²) in [6.07, 6.45) is 5.91. The lowest BCUT2D eigenvalue weighted by Crippen LogP contribution is -2.27. The molecule has 2 saturated carbocycles. The van der Waals surface area contributed by atoms with Gasteiger partial charge in [0.1, 0.15) is 11.5 Å². The lowest BCUT2D eigenvalue weighted by atomic mass is 9.87. The number of carbonyl (C=O) groups is 3. The zero-order valence-corrected chi connectivity index (χ0v) is 21.0. The van der Waals surface area contributed by atoms with E-state index in [0.29, 0.717) is 85.2 Å². The topological polar surface area (TPSA) is 102 Å². The maximum Gasteiger partial charge on any atom is 0.306 e. The van der Waals surface area contributed by atoms with Crippen LogP contribution in [0.15, 0.2) is 42.5 Å². The molecule has 0 heterocycles. The number of halogens is 1. The Balaban J connectivity index is 1.16. The fourth-order valence-corrected chi connectivity index (χ4v) is 4.52. The van der Waals surface area contributed by atoms with Crippen LogP contribution >= 0.6 is 11.6 Å². The fraction of sp³-hybridized carbons (Fsp3) is 0.464.